The molecule has 2 aromatic heterocycles. The second-order valence-electron chi connectivity index (χ2n) is 12.5. The molecule has 0 unspecified atom stereocenters. The summed E-state index contributed by atoms with van der Waals surface area (Å²) in [6.07, 6.45) is 0. The summed E-state index contributed by atoms with van der Waals surface area (Å²) >= 11 is 0. The minimum Gasteiger partial charge on any atom is -0.309 e. The lowest BCUT2D eigenvalue weighted by molar-refractivity contribution is 1.17. The van der Waals surface area contributed by atoms with Crippen molar-refractivity contribution in [3.8, 4) is 33.6 Å². The van der Waals surface area contributed by atoms with E-state index in [1.165, 1.54) is 98.8 Å². The normalized spacial score (nSPS) is 12.3. The second kappa shape index (κ2) is 8.74. The van der Waals surface area contributed by atoms with Crippen LogP contribution in [0.5, 0.6) is 0 Å². The van der Waals surface area contributed by atoms with Gasteiger partial charge in [-0.3, -0.25) is 0 Å². The third kappa shape index (κ3) is 3.01. The van der Waals surface area contributed by atoms with Crippen molar-refractivity contribution >= 4 is 65.2 Å². The first-order valence-electron chi connectivity index (χ1n) is 16.0. The van der Waals surface area contributed by atoms with E-state index in [2.05, 4.69) is 167 Å². The predicted molar refractivity (Wildman–Crippen MR) is 195 cm³/mol. The van der Waals surface area contributed by atoms with Crippen LogP contribution in [0.2, 0.25) is 0 Å². The smallest absolute Gasteiger partial charge is 0.0547 e. The van der Waals surface area contributed by atoms with E-state index in [9.17, 15) is 0 Å². The molecular formula is C44H26N2. The first kappa shape index (κ1) is 24.2. The Balaban J connectivity index is 1.23. The van der Waals surface area contributed by atoms with Gasteiger partial charge in [-0.15, -0.1) is 0 Å². The van der Waals surface area contributed by atoms with E-state index < -0.39 is 0 Å². The van der Waals surface area contributed by atoms with Crippen LogP contribution in [0.1, 0.15) is 0 Å². The first-order valence-corrected chi connectivity index (χ1v) is 16.0. The topological polar surface area (TPSA) is 9.86 Å². The van der Waals surface area contributed by atoms with E-state index >= 15 is 0 Å². The van der Waals surface area contributed by atoms with Gasteiger partial charge in [-0.1, -0.05) is 115 Å². The maximum atomic E-state index is 2.47. The first-order chi connectivity index (χ1) is 22.8. The van der Waals surface area contributed by atoms with Crippen LogP contribution in [-0.4, -0.2) is 9.13 Å². The average molecular weight is 583 g/mol. The fourth-order valence-electron chi connectivity index (χ4n) is 8.38. The number of aromatic nitrogens is 2. The van der Waals surface area contributed by atoms with E-state index in [1.807, 2.05) is 0 Å². The third-order valence-corrected chi connectivity index (χ3v) is 10.2. The largest absolute Gasteiger partial charge is 0.309 e. The van der Waals surface area contributed by atoms with E-state index in [-0.39, 0.29) is 0 Å². The lowest BCUT2D eigenvalue weighted by atomic mass is 9.98. The number of fused-ring (bicyclic) bond motifs is 11. The van der Waals surface area contributed by atoms with Gasteiger partial charge < -0.3 is 9.13 Å². The Morgan fingerprint density at radius 2 is 0.957 bits per heavy atom. The van der Waals surface area contributed by atoms with Gasteiger partial charge in [0, 0.05) is 38.2 Å². The molecule has 0 amide bonds. The third-order valence-electron chi connectivity index (χ3n) is 10.2. The summed E-state index contributed by atoms with van der Waals surface area (Å²) in [5.41, 5.74) is 12.6. The number of nitrogens with zero attached hydrogens (tertiary/aromatic N) is 2. The molecule has 0 spiro atoms. The molecule has 10 aromatic rings. The minimum absolute atomic E-state index is 1.17. The summed E-state index contributed by atoms with van der Waals surface area (Å²) in [4.78, 5) is 0. The molecule has 0 aliphatic heterocycles. The van der Waals surface area contributed by atoms with Crippen molar-refractivity contribution in [2.24, 2.45) is 0 Å². The summed E-state index contributed by atoms with van der Waals surface area (Å²) in [6.45, 7) is 0. The summed E-state index contributed by atoms with van der Waals surface area (Å²) in [6, 6.07) is 58.1. The van der Waals surface area contributed by atoms with E-state index in [1.54, 1.807) is 0 Å². The molecule has 0 fully saturated rings. The SMILES string of the molecule is c1ccc2c(-n3c4ccccc4c4cc(-n5c6ccccc6c6c7c(ccc65)-c5cccc6cccc-7c56)ccc43)cccc2c1. The Labute approximate surface area is 265 Å². The Hall–Kier alpha value is -6.12. The average Bonchev–Trinajstić information content (AvgIpc) is 3.75. The van der Waals surface area contributed by atoms with Crippen LogP contribution < -0.4 is 0 Å². The van der Waals surface area contributed by atoms with Gasteiger partial charge >= 0.3 is 0 Å². The highest BCUT2D eigenvalue weighted by Crippen LogP contribution is 2.52. The van der Waals surface area contributed by atoms with Crippen LogP contribution in [0.25, 0.3) is 98.8 Å². The van der Waals surface area contributed by atoms with Gasteiger partial charge in [0.15, 0.2) is 0 Å². The van der Waals surface area contributed by atoms with Crippen LogP contribution in [0.4, 0.5) is 0 Å². The van der Waals surface area contributed by atoms with Crippen LogP contribution in [-0.2, 0) is 0 Å². The molecule has 2 heteroatoms. The number of rotatable bonds is 2. The van der Waals surface area contributed by atoms with Crippen molar-refractivity contribution < 1.29 is 0 Å². The van der Waals surface area contributed by atoms with Crippen molar-refractivity contribution in [1.82, 2.24) is 9.13 Å². The number of hydrogen-bond donors (Lipinski definition) is 0. The maximum absolute atomic E-state index is 2.47. The Morgan fingerprint density at radius 1 is 0.326 bits per heavy atom. The summed E-state index contributed by atoms with van der Waals surface area (Å²) in [7, 11) is 0. The van der Waals surface area contributed by atoms with Gasteiger partial charge in [0.2, 0.25) is 0 Å². The standard InChI is InChI=1S/C44H26N2/c1-2-14-30-27(10-1)11-9-21-37(30)46-38-19-5-3-15-31(38)36-26-29(22-24-40(36)46)45-39-20-6-4-16-34(39)44-41(45)25-23-33-32-17-7-12-28-13-8-18-35(42(28)32)43(33)44/h1-26H. The summed E-state index contributed by atoms with van der Waals surface area (Å²) in [5.74, 6) is 0. The molecule has 46 heavy (non-hydrogen) atoms. The van der Waals surface area contributed by atoms with E-state index in [0.717, 1.165) is 0 Å². The molecule has 0 bridgehead atoms. The molecule has 2 nitrogen and oxygen atoms in total. The maximum Gasteiger partial charge on any atom is 0.0547 e. The summed E-state index contributed by atoms with van der Waals surface area (Å²) in [5, 5.41) is 10.3. The lowest BCUT2D eigenvalue weighted by Gasteiger charge is -2.12. The van der Waals surface area contributed by atoms with Crippen molar-refractivity contribution in [3.05, 3.63) is 158 Å². The molecule has 0 saturated heterocycles. The predicted octanol–water partition coefficient (Wildman–Crippen LogP) is 11.8. The highest BCUT2D eigenvalue weighted by molar-refractivity contribution is 6.26. The van der Waals surface area contributed by atoms with Gasteiger partial charge in [-0.25, -0.2) is 0 Å². The second-order valence-corrected chi connectivity index (χ2v) is 12.5. The molecule has 1 aliphatic carbocycles. The summed E-state index contributed by atoms with van der Waals surface area (Å²) < 4.78 is 4.91. The minimum atomic E-state index is 1.17. The molecule has 0 saturated carbocycles. The molecule has 1 aliphatic rings. The van der Waals surface area contributed by atoms with Gasteiger partial charge in [0.1, 0.15) is 0 Å². The fraction of sp³-hybridized carbons (Fsp3) is 0. The molecule has 8 aromatic carbocycles. The molecule has 212 valence electrons. The molecule has 0 radical (unpaired) electrons. The Kier molecular flexibility index (Phi) is 4.61. The van der Waals surface area contributed by atoms with E-state index in [0.29, 0.717) is 0 Å². The zero-order valence-electron chi connectivity index (χ0n) is 24.9. The number of para-hydroxylation sites is 2. The van der Waals surface area contributed by atoms with Crippen molar-refractivity contribution in [2.45, 2.75) is 0 Å². The number of benzene rings is 8. The Bertz CT molecular complexity index is 2910. The van der Waals surface area contributed by atoms with Gasteiger partial charge in [-0.05, 0) is 75.3 Å². The zero-order chi connectivity index (χ0) is 29.9. The molecule has 0 atom stereocenters. The van der Waals surface area contributed by atoms with Gasteiger partial charge in [0.25, 0.3) is 0 Å². The molecule has 0 N–H and O–H groups in total. The van der Waals surface area contributed by atoms with Crippen molar-refractivity contribution in [1.29, 1.82) is 0 Å². The quantitative estimate of drug-likeness (QED) is 0.192. The monoisotopic (exact) mass is 582 g/mol. The van der Waals surface area contributed by atoms with Gasteiger partial charge in [-0.2, -0.15) is 0 Å². The highest BCUT2D eigenvalue weighted by atomic mass is 15.0. The van der Waals surface area contributed by atoms with Crippen LogP contribution >= 0.6 is 0 Å². The molecule has 11 rings (SSSR count). The van der Waals surface area contributed by atoms with Crippen molar-refractivity contribution in [3.63, 3.8) is 0 Å². The lowest BCUT2D eigenvalue weighted by Crippen LogP contribution is -1.96. The van der Waals surface area contributed by atoms with Crippen LogP contribution in [0, 0.1) is 0 Å². The fourth-order valence-corrected chi connectivity index (χ4v) is 8.38. The van der Waals surface area contributed by atoms with Crippen LogP contribution in [0.3, 0.4) is 0 Å². The Morgan fingerprint density at radius 3 is 1.83 bits per heavy atom. The zero-order valence-corrected chi connectivity index (χ0v) is 24.9. The number of hydrogen-bond acceptors (Lipinski definition) is 0. The van der Waals surface area contributed by atoms with Crippen molar-refractivity contribution in [2.75, 3.05) is 0 Å². The molecular weight excluding hydrogens is 556 g/mol. The van der Waals surface area contributed by atoms with Gasteiger partial charge in [0.05, 0.1) is 27.8 Å². The van der Waals surface area contributed by atoms with E-state index in [4.69, 9.17) is 0 Å². The van der Waals surface area contributed by atoms with Crippen LogP contribution in [0.15, 0.2) is 158 Å². The highest BCUT2D eigenvalue weighted by Gasteiger charge is 2.26. The molecule has 2 heterocycles.